The molecule has 0 atom stereocenters. The Bertz CT molecular complexity index is 977. The van der Waals surface area contributed by atoms with E-state index in [0.29, 0.717) is 11.3 Å². The van der Waals surface area contributed by atoms with Gasteiger partial charge in [-0.2, -0.15) is 0 Å². The number of nitrogens with one attached hydrogen (secondary N) is 1. The number of hydrogen-bond donors (Lipinski definition) is 2. The number of esters is 1. The van der Waals surface area contributed by atoms with Gasteiger partial charge in [-0.05, 0) is 29.8 Å². The fourth-order valence-electron chi connectivity index (χ4n) is 2.21. The zero-order valence-electron chi connectivity index (χ0n) is 15.1. The van der Waals surface area contributed by atoms with E-state index in [1.165, 1.54) is 18.2 Å². The molecule has 156 valence electrons. The highest BCUT2D eigenvalue weighted by Gasteiger charge is 2.21. The molecule has 0 saturated carbocycles. The molecule has 0 unspecified atom stereocenters. The van der Waals surface area contributed by atoms with Crippen molar-refractivity contribution >= 4 is 45.1 Å². The molecule has 0 bridgehead atoms. The van der Waals surface area contributed by atoms with Crippen molar-refractivity contribution in [3.8, 4) is 5.75 Å². The third-order valence-electron chi connectivity index (χ3n) is 3.49. The Hall–Kier alpha value is -2.33. The van der Waals surface area contributed by atoms with Gasteiger partial charge in [0, 0.05) is 6.54 Å². The molecule has 0 aliphatic heterocycles. The van der Waals surface area contributed by atoms with Crippen LogP contribution >= 0.6 is 23.2 Å². The summed E-state index contributed by atoms with van der Waals surface area (Å²) in [6.45, 7) is -0.501. The van der Waals surface area contributed by atoms with Crippen LogP contribution in [0.1, 0.15) is 12.0 Å². The standard InChI is InChI=1S/C18H18Cl2N2O6S/c19-14-5-2-6-15(20)18(14)29(25,26)22-8-7-17(24)28-10-12-3-1-4-13(9-12)27-11-16(21)23/h1-6,9,22H,7-8,10-11H2,(H2,21,23). The van der Waals surface area contributed by atoms with Crippen molar-refractivity contribution in [2.75, 3.05) is 13.2 Å². The molecule has 8 nitrogen and oxygen atoms in total. The van der Waals surface area contributed by atoms with Crippen LogP contribution in [0.4, 0.5) is 0 Å². The van der Waals surface area contributed by atoms with Gasteiger partial charge in [0.15, 0.2) is 6.61 Å². The number of rotatable bonds is 10. The fourth-order valence-corrected chi connectivity index (χ4v) is 4.39. The quantitative estimate of drug-likeness (QED) is 0.523. The van der Waals surface area contributed by atoms with E-state index in [1.807, 2.05) is 0 Å². The lowest BCUT2D eigenvalue weighted by Crippen LogP contribution is -2.27. The number of sulfonamides is 1. The Kier molecular flexibility index (Phi) is 8.27. The lowest BCUT2D eigenvalue weighted by atomic mass is 10.2. The number of primary amides is 1. The van der Waals surface area contributed by atoms with Crippen LogP contribution in [0.5, 0.6) is 5.75 Å². The van der Waals surface area contributed by atoms with E-state index < -0.39 is 21.9 Å². The van der Waals surface area contributed by atoms with E-state index in [4.69, 9.17) is 38.4 Å². The van der Waals surface area contributed by atoms with Crippen LogP contribution in [0.25, 0.3) is 0 Å². The second kappa shape index (κ2) is 10.4. The van der Waals surface area contributed by atoms with Gasteiger partial charge in [-0.3, -0.25) is 9.59 Å². The van der Waals surface area contributed by atoms with Gasteiger partial charge in [-0.15, -0.1) is 0 Å². The van der Waals surface area contributed by atoms with Gasteiger partial charge in [0.05, 0.1) is 16.5 Å². The first kappa shape index (κ1) is 23.0. The van der Waals surface area contributed by atoms with Gasteiger partial charge in [0.2, 0.25) is 10.0 Å². The van der Waals surface area contributed by atoms with Crippen molar-refractivity contribution in [3.63, 3.8) is 0 Å². The first-order valence-corrected chi connectivity index (χ1v) is 10.5. The summed E-state index contributed by atoms with van der Waals surface area (Å²) in [5.41, 5.74) is 5.64. The van der Waals surface area contributed by atoms with Crippen molar-refractivity contribution in [1.82, 2.24) is 4.72 Å². The lowest BCUT2D eigenvalue weighted by Gasteiger charge is -2.10. The summed E-state index contributed by atoms with van der Waals surface area (Å²) < 4.78 is 37.1. The van der Waals surface area contributed by atoms with Crippen LogP contribution in [0.15, 0.2) is 47.4 Å². The molecule has 2 aromatic rings. The van der Waals surface area contributed by atoms with E-state index in [-0.39, 0.29) is 41.1 Å². The number of hydrogen-bond acceptors (Lipinski definition) is 6. The number of carbonyl (C=O) groups excluding carboxylic acids is 2. The summed E-state index contributed by atoms with van der Waals surface area (Å²) in [5, 5.41) is -0.0444. The summed E-state index contributed by atoms with van der Waals surface area (Å²) in [5.74, 6) is -0.814. The average Bonchev–Trinajstić information content (AvgIpc) is 2.64. The fraction of sp³-hybridized carbons (Fsp3) is 0.222. The maximum absolute atomic E-state index is 12.3. The molecule has 3 N–H and O–H groups in total. The summed E-state index contributed by atoms with van der Waals surface area (Å²) >= 11 is 11.8. The smallest absolute Gasteiger partial charge is 0.307 e. The van der Waals surface area contributed by atoms with Crippen molar-refractivity contribution in [3.05, 3.63) is 58.1 Å². The Morgan fingerprint density at radius 3 is 2.38 bits per heavy atom. The molecule has 0 saturated heterocycles. The van der Waals surface area contributed by atoms with Gasteiger partial charge in [0.1, 0.15) is 17.3 Å². The second-order valence-corrected chi connectivity index (χ2v) is 8.28. The number of ether oxygens (including phenoxy) is 2. The normalized spacial score (nSPS) is 11.1. The van der Waals surface area contributed by atoms with Gasteiger partial charge in [-0.25, -0.2) is 13.1 Å². The second-order valence-electron chi connectivity index (χ2n) is 5.76. The van der Waals surface area contributed by atoms with E-state index in [9.17, 15) is 18.0 Å². The molecule has 0 fully saturated rings. The number of carbonyl (C=O) groups is 2. The SMILES string of the molecule is NC(=O)COc1cccc(COC(=O)CCNS(=O)(=O)c2c(Cl)cccc2Cl)c1. The van der Waals surface area contributed by atoms with Crippen LogP contribution in [0.3, 0.4) is 0 Å². The molecule has 2 aromatic carbocycles. The predicted octanol–water partition coefficient (Wildman–Crippen LogP) is 2.27. The molecule has 0 aliphatic carbocycles. The zero-order chi connectivity index (χ0) is 21.4. The van der Waals surface area contributed by atoms with E-state index in [1.54, 1.807) is 24.3 Å². The highest BCUT2D eigenvalue weighted by Crippen LogP contribution is 2.28. The molecule has 11 heteroatoms. The minimum absolute atomic E-state index is 0.0222. The summed E-state index contributed by atoms with van der Waals surface area (Å²) in [6.07, 6.45) is -0.195. The molecule has 0 aliphatic rings. The van der Waals surface area contributed by atoms with Gasteiger partial charge < -0.3 is 15.2 Å². The summed E-state index contributed by atoms with van der Waals surface area (Å²) in [4.78, 5) is 22.4. The molecule has 0 heterocycles. The third-order valence-corrected chi connectivity index (χ3v) is 5.90. The number of nitrogens with two attached hydrogens (primary N) is 1. The lowest BCUT2D eigenvalue weighted by molar-refractivity contribution is -0.144. The Balaban J connectivity index is 1.83. The first-order chi connectivity index (χ1) is 13.7. The molecular formula is C18H18Cl2N2O6S. The van der Waals surface area contributed by atoms with Crippen molar-refractivity contribution in [2.24, 2.45) is 5.73 Å². The van der Waals surface area contributed by atoms with E-state index in [2.05, 4.69) is 4.72 Å². The number of benzene rings is 2. The van der Waals surface area contributed by atoms with Crippen molar-refractivity contribution in [1.29, 1.82) is 0 Å². The Morgan fingerprint density at radius 2 is 1.72 bits per heavy atom. The molecule has 2 rings (SSSR count). The van der Waals surface area contributed by atoms with E-state index in [0.717, 1.165) is 0 Å². The maximum atomic E-state index is 12.3. The third kappa shape index (κ3) is 7.21. The average molecular weight is 461 g/mol. The highest BCUT2D eigenvalue weighted by molar-refractivity contribution is 7.89. The van der Waals surface area contributed by atoms with Crippen LogP contribution in [0.2, 0.25) is 10.0 Å². The number of halogens is 2. The van der Waals surface area contributed by atoms with Crippen LogP contribution in [-0.4, -0.2) is 33.4 Å². The Labute approximate surface area is 177 Å². The van der Waals surface area contributed by atoms with Gasteiger partial charge in [0.25, 0.3) is 5.91 Å². The van der Waals surface area contributed by atoms with Crippen LogP contribution in [0, 0.1) is 0 Å². The molecule has 0 aromatic heterocycles. The molecule has 1 amide bonds. The topological polar surface area (TPSA) is 125 Å². The van der Waals surface area contributed by atoms with Crippen LogP contribution in [-0.2, 0) is 31.0 Å². The number of amides is 1. The maximum Gasteiger partial charge on any atom is 0.307 e. The highest BCUT2D eigenvalue weighted by atomic mass is 35.5. The van der Waals surface area contributed by atoms with Crippen LogP contribution < -0.4 is 15.2 Å². The monoisotopic (exact) mass is 460 g/mol. The Morgan fingerprint density at radius 1 is 1.07 bits per heavy atom. The molecule has 29 heavy (non-hydrogen) atoms. The molecule has 0 radical (unpaired) electrons. The van der Waals surface area contributed by atoms with Gasteiger partial charge in [-0.1, -0.05) is 41.4 Å². The summed E-state index contributed by atoms with van der Waals surface area (Å²) in [7, 11) is -3.98. The predicted molar refractivity (Wildman–Crippen MR) is 107 cm³/mol. The minimum atomic E-state index is -3.98. The molecular weight excluding hydrogens is 443 g/mol. The van der Waals surface area contributed by atoms with Gasteiger partial charge >= 0.3 is 5.97 Å². The zero-order valence-corrected chi connectivity index (χ0v) is 17.4. The van der Waals surface area contributed by atoms with Crippen molar-refractivity contribution < 1.29 is 27.5 Å². The molecule has 0 spiro atoms. The van der Waals surface area contributed by atoms with Crippen molar-refractivity contribution in [2.45, 2.75) is 17.9 Å². The minimum Gasteiger partial charge on any atom is -0.484 e. The first-order valence-electron chi connectivity index (χ1n) is 8.28. The largest absolute Gasteiger partial charge is 0.484 e. The van der Waals surface area contributed by atoms with E-state index >= 15 is 0 Å². The summed E-state index contributed by atoms with van der Waals surface area (Å²) in [6, 6.07) is 10.9.